The van der Waals surface area contributed by atoms with Crippen molar-refractivity contribution in [3.05, 3.63) is 34.6 Å². The number of nitrogens with one attached hydrogen (secondary N) is 1. The van der Waals surface area contributed by atoms with E-state index >= 15 is 0 Å². The van der Waals surface area contributed by atoms with Crippen LogP contribution in [0.5, 0.6) is 0 Å². The number of rotatable bonds is 4. The molecule has 0 radical (unpaired) electrons. The molecule has 2 unspecified atom stereocenters. The summed E-state index contributed by atoms with van der Waals surface area (Å²) in [6.45, 7) is 0. The Kier molecular flexibility index (Phi) is 4.68. The molecule has 0 saturated carbocycles. The summed E-state index contributed by atoms with van der Waals surface area (Å²) in [5.41, 5.74) is 3.89. The highest BCUT2D eigenvalue weighted by Crippen LogP contribution is 2.30. The van der Waals surface area contributed by atoms with Gasteiger partial charge in [-0.15, -0.1) is 0 Å². The van der Waals surface area contributed by atoms with E-state index in [2.05, 4.69) is 5.43 Å². The van der Waals surface area contributed by atoms with Gasteiger partial charge in [-0.05, 0) is 42.7 Å². The second-order valence-electron chi connectivity index (χ2n) is 4.28. The Bertz CT molecular complexity index is 383. The largest absolute Gasteiger partial charge is 0.271 e. The molecule has 17 heavy (non-hydrogen) atoms. The molecule has 0 amide bonds. The summed E-state index contributed by atoms with van der Waals surface area (Å²) in [6, 6.07) is 5.09. The number of hydrogen-bond donors (Lipinski definition) is 2. The summed E-state index contributed by atoms with van der Waals surface area (Å²) in [5, 5.41) is 0.723. The third-order valence-corrected chi connectivity index (χ3v) is 4.87. The van der Waals surface area contributed by atoms with Crippen LogP contribution in [0.15, 0.2) is 18.2 Å². The Morgan fingerprint density at radius 3 is 3.00 bits per heavy atom. The van der Waals surface area contributed by atoms with Crippen LogP contribution in [0.4, 0.5) is 4.39 Å². The zero-order valence-electron chi connectivity index (χ0n) is 9.46. The molecule has 0 spiro atoms. The van der Waals surface area contributed by atoms with Crippen LogP contribution >= 0.6 is 23.4 Å². The summed E-state index contributed by atoms with van der Waals surface area (Å²) in [6.07, 6.45) is 3.22. The van der Waals surface area contributed by atoms with Crippen LogP contribution in [-0.4, -0.2) is 17.0 Å². The van der Waals surface area contributed by atoms with E-state index in [1.807, 2.05) is 11.8 Å². The quantitative estimate of drug-likeness (QED) is 0.655. The van der Waals surface area contributed by atoms with Crippen molar-refractivity contribution < 1.29 is 4.39 Å². The lowest BCUT2D eigenvalue weighted by atomic mass is 10.0. The van der Waals surface area contributed by atoms with Crippen molar-refractivity contribution in [1.29, 1.82) is 0 Å². The van der Waals surface area contributed by atoms with Crippen LogP contribution in [0.2, 0.25) is 5.02 Å². The average Bonchev–Trinajstić information content (AvgIpc) is 2.84. The van der Waals surface area contributed by atoms with Gasteiger partial charge in [-0.1, -0.05) is 17.7 Å². The topological polar surface area (TPSA) is 38.0 Å². The molecule has 0 bridgehead atoms. The van der Waals surface area contributed by atoms with Gasteiger partial charge in [0.1, 0.15) is 5.82 Å². The zero-order chi connectivity index (χ0) is 12.3. The molecule has 0 aliphatic carbocycles. The van der Waals surface area contributed by atoms with Gasteiger partial charge in [-0.2, -0.15) is 11.8 Å². The molecule has 1 fully saturated rings. The van der Waals surface area contributed by atoms with E-state index in [-0.39, 0.29) is 16.9 Å². The van der Waals surface area contributed by atoms with Crippen molar-refractivity contribution in [3.8, 4) is 0 Å². The average molecular weight is 275 g/mol. The number of benzene rings is 1. The number of halogens is 2. The van der Waals surface area contributed by atoms with Crippen molar-refractivity contribution in [2.75, 3.05) is 5.75 Å². The lowest BCUT2D eigenvalue weighted by molar-refractivity contribution is 0.495. The van der Waals surface area contributed by atoms with E-state index in [1.54, 1.807) is 12.1 Å². The van der Waals surface area contributed by atoms with E-state index in [1.165, 1.54) is 24.7 Å². The molecule has 94 valence electrons. The molecule has 2 nitrogen and oxygen atoms in total. The first-order valence-corrected chi connectivity index (χ1v) is 7.15. The van der Waals surface area contributed by atoms with Crippen LogP contribution in [-0.2, 0) is 6.42 Å². The summed E-state index contributed by atoms with van der Waals surface area (Å²) < 4.78 is 13.0. The smallest absolute Gasteiger partial charge is 0.141 e. The molecule has 3 N–H and O–H groups in total. The molecule has 1 saturated heterocycles. The zero-order valence-corrected chi connectivity index (χ0v) is 11.0. The van der Waals surface area contributed by atoms with Gasteiger partial charge in [0.05, 0.1) is 5.02 Å². The number of thioether (sulfide) groups is 1. The van der Waals surface area contributed by atoms with E-state index in [9.17, 15) is 4.39 Å². The summed E-state index contributed by atoms with van der Waals surface area (Å²) in [5.74, 6) is 6.43. The Labute approximate surface area is 110 Å². The standard InChI is InChI=1S/C12H16ClFN2S/c13-9-6-8(3-4-10(9)14)7-11(16-15)12-2-1-5-17-12/h3-4,6,11-12,16H,1-2,5,7,15H2. The molecular weight excluding hydrogens is 259 g/mol. The first kappa shape index (κ1) is 13.1. The Hall–Kier alpha value is -0.290. The number of hydrogen-bond acceptors (Lipinski definition) is 3. The van der Waals surface area contributed by atoms with Gasteiger partial charge in [0.25, 0.3) is 0 Å². The van der Waals surface area contributed by atoms with Gasteiger partial charge in [0.15, 0.2) is 0 Å². The lowest BCUT2D eigenvalue weighted by Crippen LogP contribution is -2.43. The van der Waals surface area contributed by atoms with Crippen LogP contribution in [0.1, 0.15) is 18.4 Å². The number of hydrazine groups is 1. The van der Waals surface area contributed by atoms with Gasteiger partial charge in [0.2, 0.25) is 0 Å². The van der Waals surface area contributed by atoms with Crippen molar-refractivity contribution in [2.45, 2.75) is 30.6 Å². The molecule has 2 rings (SSSR count). The molecule has 2 atom stereocenters. The summed E-state index contributed by atoms with van der Waals surface area (Å²) in [4.78, 5) is 0. The molecule has 1 aliphatic rings. The van der Waals surface area contributed by atoms with E-state index in [0.717, 1.165) is 12.0 Å². The normalized spacial score (nSPS) is 21.7. The maximum Gasteiger partial charge on any atom is 0.141 e. The fraction of sp³-hybridized carbons (Fsp3) is 0.500. The highest BCUT2D eigenvalue weighted by atomic mass is 35.5. The van der Waals surface area contributed by atoms with Gasteiger partial charge in [-0.25, -0.2) is 4.39 Å². The maximum atomic E-state index is 13.0. The van der Waals surface area contributed by atoms with Gasteiger partial charge in [0, 0.05) is 11.3 Å². The molecule has 1 aromatic rings. The van der Waals surface area contributed by atoms with Crippen molar-refractivity contribution in [3.63, 3.8) is 0 Å². The minimum atomic E-state index is -0.372. The Morgan fingerprint density at radius 2 is 2.41 bits per heavy atom. The lowest BCUT2D eigenvalue weighted by Gasteiger charge is -2.22. The SMILES string of the molecule is NNC(Cc1ccc(F)c(Cl)c1)C1CCCS1. The van der Waals surface area contributed by atoms with Crippen molar-refractivity contribution in [2.24, 2.45) is 5.84 Å². The first-order chi connectivity index (χ1) is 8.20. The van der Waals surface area contributed by atoms with Crippen LogP contribution in [0.25, 0.3) is 0 Å². The minimum Gasteiger partial charge on any atom is -0.271 e. The highest BCUT2D eigenvalue weighted by molar-refractivity contribution is 8.00. The third kappa shape index (κ3) is 3.35. The monoisotopic (exact) mass is 274 g/mol. The fourth-order valence-corrected chi connectivity index (χ4v) is 3.72. The maximum absolute atomic E-state index is 13.0. The fourth-order valence-electron chi connectivity index (χ4n) is 2.14. The predicted octanol–water partition coefficient (Wildman–Crippen LogP) is 2.75. The van der Waals surface area contributed by atoms with Gasteiger partial charge < -0.3 is 0 Å². The van der Waals surface area contributed by atoms with Gasteiger partial charge >= 0.3 is 0 Å². The number of nitrogens with two attached hydrogens (primary N) is 1. The minimum absolute atomic E-state index is 0.178. The Morgan fingerprint density at radius 1 is 1.59 bits per heavy atom. The van der Waals surface area contributed by atoms with Crippen molar-refractivity contribution >= 4 is 23.4 Å². The van der Waals surface area contributed by atoms with E-state index < -0.39 is 0 Å². The van der Waals surface area contributed by atoms with Crippen LogP contribution in [0.3, 0.4) is 0 Å². The van der Waals surface area contributed by atoms with Crippen LogP contribution < -0.4 is 11.3 Å². The van der Waals surface area contributed by atoms with E-state index in [0.29, 0.717) is 5.25 Å². The van der Waals surface area contributed by atoms with Crippen molar-refractivity contribution in [1.82, 2.24) is 5.43 Å². The second kappa shape index (κ2) is 6.05. The second-order valence-corrected chi connectivity index (χ2v) is 6.03. The molecule has 1 aromatic carbocycles. The van der Waals surface area contributed by atoms with E-state index in [4.69, 9.17) is 17.4 Å². The Balaban J connectivity index is 2.04. The predicted molar refractivity (Wildman–Crippen MR) is 71.7 cm³/mol. The molecule has 5 heteroatoms. The summed E-state index contributed by atoms with van der Waals surface area (Å²) in [7, 11) is 0. The summed E-state index contributed by atoms with van der Waals surface area (Å²) >= 11 is 7.72. The highest BCUT2D eigenvalue weighted by Gasteiger charge is 2.24. The molecule has 1 heterocycles. The third-order valence-electron chi connectivity index (χ3n) is 3.07. The molecule has 0 aromatic heterocycles. The first-order valence-electron chi connectivity index (χ1n) is 5.72. The van der Waals surface area contributed by atoms with Crippen LogP contribution in [0, 0.1) is 5.82 Å². The molecule has 1 aliphatic heterocycles. The van der Waals surface area contributed by atoms with Gasteiger partial charge in [-0.3, -0.25) is 11.3 Å². The molecular formula is C12H16ClFN2S.